The van der Waals surface area contributed by atoms with E-state index in [9.17, 15) is 10.1 Å². The molecule has 0 unspecified atom stereocenters. The van der Waals surface area contributed by atoms with Crippen LogP contribution in [0, 0.1) is 11.3 Å². The average molecular weight is 423 g/mol. The van der Waals surface area contributed by atoms with Crippen molar-refractivity contribution in [3.05, 3.63) is 95.3 Å². The summed E-state index contributed by atoms with van der Waals surface area (Å²) in [7, 11) is 3.25. The van der Waals surface area contributed by atoms with Gasteiger partial charge in [-0.25, -0.2) is 9.78 Å². The molecule has 0 fully saturated rings. The van der Waals surface area contributed by atoms with Crippen molar-refractivity contribution in [1.82, 2.24) is 9.55 Å². The van der Waals surface area contributed by atoms with Crippen LogP contribution in [0.25, 0.3) is 22.7 Å². The largest absolute Gasteiger partial charge is 0.488 e. The molecule has 4 aromatic rings. The predicted molar refractivity (Wildman–Crippen MR) is 123 cm³/mol. The van der Waals surface area contributed by atoms with Crippen molar-refractivity contribution >= 4 is 28.7 Å². The molecule has 1 aromatic heterocycles. The van der Waals surface area contributed by atoms with Crippen molar-refractivity contribution in [1.29, 1.82) is 5.26 Å². The van der Waals surface area contributed by atoms with E-state index in [-0.39, 0.29) is 5.97 Å². The number of ether oxygens (including phenoxy) is 2. The molecule has 0 N–H and O–H groups in total. The number of hydrogen-bond acceptors (Lipinski definition) is 5. The number of esters is 1. The van der Waals surface area contributed by atoms with E-state index in [4.69, 9.17) is 9.47 Å². The minimum atomic E-state index is -0.376. The molecule has 0 aliphatic rings. The van der Waals surface area contributed by atoms with Gasteiger partial charge in [-0.05, 0) is 42.0 Å². The second kappa shape index (κ2) is 9.19. The van der Waals surface area contributed by atoms with Crippen LogP contribution >= 0.6 is 0 Å². The van der Waals surface area contributed by atoms with Crippen LogP contribution in [0.15, 0.2) is 72.8 Å². The summed E-state index contributed by atoms with van der Waals surface area (Å²) in [6.07, 6.45) is 1.79. The summed E-state index contributed by atoms with van der Waals surface area (Å²) in [4.78, 5) is 16.2. The van der Waals surface area contributed by atoms with Gasteiger partial charge in [0, 0.05) is 12.6 Å². The van der Waals surface area contributed by atoms with Gasteiger partial charge in [0.1, 0.15) is 18.4 Å². The Morgan fingerprint density at radius 1 is 1.06 bits per heavy atom. The topological polar surface area (TPSA) is 77.1 Å². The zero-order chi connectivity index (χ0) is 22.5. The van der Waals surface area contributed by atoms with Gasteiger partial charge in [-0.3, -0.25) is 0 Å². The van der Waals surface area contributed by atoms with E-state index in [2.05, 4.69) is 11.1 Å². The van der Waals surface area contributed by atoms with E-state index in [1.54, 1.807) is 18.2 Å². The Hall–Kier alpha value is -4.37. The zero-order valence-electron chi connectivity index (χ0n) is 17.8. The monoisotopic (exact) mass is 423 g/mol. The van der Waals surface area contributed by atoms with Gasteiger partial charge in [-0.2, -0.15) is 5.26 Å². The SMILES string of the molecule is COC(=O)c1ccc(COc2ccccc2C=C(C#N)c2nc3ccccc3n2C)cc1. The first-order valence-corrected chi connectivity index (χ1v) is 10.0. The van der Waals surface area contributed by atoms with Crippen LogP contribution in [0.5, 0.6) is 5.75 Å². The maximum absolute atomic E-state index is 11.6. The first-order valence-electron chi connectivity index (χ1n) is 10.0. The summed E-state index contributed by atoms with van der Waals surface area (Å²) in [6, 6.07) is 24.6. The highest BCUT2D eigenvalue weighted by atomic mass is 16.5. The van der Waals surface area contributed by atoms with Gasteiger partial charge >= 0.3 is 5.97 Å². The number of para-hydroxylation sites is 3. The van der Waals surface area contributed by atoms with E-state index in [0.717, 1.165) is 22.2 Å². The van der Waals surface area contributed by atoms with Gasteiger partial charge in [0.15, 0.2) is 5.82 Å². The smallest absolute Gasteiger partial charge is 0.337 e. The second-order valence-corrected chi connectivity index (χ2v) is 7.17. The van der Waals surface area contributed by atoms with Crippen molar-refractivity contribution in [3.8, 4) is 11.8 Å². The number of rotatable bonds is 6. The Kier molecular flexibility index (Phi) is 6.00. The number of nitriles is 1. The van der Waals surface area contributed by atoms with E-state index in [1.807, 2.05) is 72.3 Å². The number of fused-ring (bicyclic) bond motifs is 1. The fraction of sp³-hybridized carbons (Fsp3) is 0.115. The minimum absolute atomic E-state index is 0.320. The lowest BCUT2D eigenvalue weighted by Gasteiger charge is -2.10. The number of hydrogen-bond donors (Lipinski definition) is 0. The molecule has 0 atom stereocenters. The maximum Gasteiger partial charge on any atom is 0.337 e. The average Bonchev–Trinajstić information content (AvgIpc) is 3.18. The quantitative estimate of drug-likeness (QED) is 0.322. The first kappa shape index (κ1) is 20.9. The molecule has 0 aliphatic carbocycles. The van der Waals surface area contributed by atoms with Crippen molar-refractivity contribution in [2.45, 2.75) is 6.61 Å². The predicted octanol–water partition coefficient (Wildman–Crippen LogP) is 5.00. The highest BCUT2D eigenvalue weighted by Gasteiger charge is 2.13. The lowest BCUT2D eigenvalue weighted by atomic mass is 10.1. The third kappa shape index (κ3) is 4.23. The Balaban J connectivity index is 1.59. The van der Waals surface area contributed by atoms with Crippen LogP contribution in [0.1, 0.15) is 27.3 Å². The zero-order valence-corrected chi connectivity index (χ0v) is 17.8. The highest BCUT2D eigenvalue weighted by Crippen LogP contribution is 2.26. The van der Waals surface area contributed by atoms with Crippen LogP contribution in [-0.4, -0.2) is 22.6 Å². The number of nitrogens with zero attached hydrogens (tertiary/aromatic N) is 3. The molecule has 6 heteroatoms. The summed E-state index contributed by atoms with van der Waals surface area (Å²) in [6.45, 7) is 0.320. The van der Waals surface area contributed by atoms with Gasteiger partial charge in [-0.1, -0.05) is 42.5 Å². The molecule has 158 valence electrons. The first-order chi connectivity index (χ1) is 15.6. The molecule has 1 heterocycles. The molecule has 0 spiro atoms. The van der Waals surface area contributed by atoms with Crippen molar-refractivity contribution in [2.75, 3.05) is 7.11 Å². The van der Waals surface area contributed by atoms with Crippen LogP contribution < -0.4 is 4.74 Å². The molecule has 32 heavy (non-hydrogen) atoms. The number of imidazole rings is 1. The van der Waals surface area contributed by atoms with E-state index >= 15 is 0 Å². The summed E-state index contributed by atoms with van der Waals surface area (Å²) >= 11 is 0. The highest BCUT2D eigenvalue weighted by molar-refractivity contribution is 5.91. The summed E-state index contributed by atoms with van der Waals surface area (Å²) in [5.41, 5.74) is 4.42. The molecular weight excluding hydrogens is 402 g/mol. The van der Waals surface area contributed by atoms with Crippen LogP contribution in [0.3, 0.4) is 0 Å². The van der Waals surface area contributed by atoms with E-state index in [0.29, 0.717) is 29.3 Å². The number of methoxy groups -OCH3 is 1. The molecule has 3 aromatic carbocycles. The third-order valence-corrected chi connectivity index (χ3v) is 5.14. The van der Waals surface area contributed by atoms with Crippen molar-refractivity contribution in [2.24, 2.45) is 7.05 Å². The molecule has 0 bridgehead atoms. The van der Waals surface area contributed by atoms with E-state index in [1.165, 1.54) is 7.11 Å². The molecule has 0 saturated carbocycles. The Labute approximate surface area is 186 Å². The third-order valence-electron chi connectivity index (χ3n) is 5.14. The lowest BCUT2D eigenvalue weighted by Crippen LogP contribution is -2.02. The number of aryl methyl sites for hydroxylation is 1. The van der Waals surface area contributed by atoms with Crippen molar-refractivity contribution in [3.63, 3.8) is 0 Å². The standard InChI is InChI=1S/C26H21N3O3/c1-29-23-9-5-4-8-22(23)28-25(29)21(16-27)15-20-7-3-6-10-24(20)32-17-18-11-13-19(14-12-18)26(30)31-2/h3-15H,17H2,1-2H3. The van der Waals surface area contributed by atoms with Gasteiger partial charge in [0.2, 0.25) is 0 Å². The number of aromatic nitrogens is 2. The molecule has 0 amide bonds. The van der Waals surface area contributed by atoms with Crippen LogP contribution in [0.4, 0.5) is 0 Å². The number of benzene rings is 3. The van der Waals surface area contributed by atoms with Crippen LogP contribution in [0.2, 0.25) is 0 Å². The Morgan fingerprint density at radius 2 is 1.78 bits per heavy atom. The summed E-state index contributed by atoms with van der Waals surface area (Å²) in [5.74, 6) is 0.872. The molecule has 0 aliphatic heterocycles. The fourth-order valence-electron chi connectivity index (χ4n) is 3.44. The van der Waals surface area contributed by atoms with Gasteiger partial charge < -0.3 is 14.0 Å². The van der Waals surface area contributed by atoms with Crippen LogP contribution in [-0.2, 0) is 18.4 Å². The minimum Gasteiger partial charge on any atom is -0.488 e. The number of allylic oxidation sites excluding steroid dienone is 1. The molecule has 0 radical (unpaired) electrons. The number of carbonyl (C=O) groups excluding carboxylic acids is 1. The van der Waals surface area contributed by atoms with Gasteiger partial charge in [0.25, 0.3) is 0 Å². The molecule has 6 nitrogen and oxygen atoms in total. The summed E-state index contributed by atoms with van der Waals surface area (Å²) < 4.78 is 12.7. The lowest BCUT2D eigenvalue weighted by molar-refractivity contribution is 0.0600. The van der Waals surface area contributed by atoms with E-state index < -0.39 is 0 Å². The molecular formula is C26H21N3O3. The summed E-state index contributed by atoms with van der Waals surface area (Å²) in [5, 5.41) is 9.83. The second-order valence-electron chi connectivity index (χ2n) is 7.17. The Bertz CT molecular complexity index is 1350. The molecule has 4 rings (SSSR count). The Morgan fingerprint density at radius 3 is 2.50 bits per heavy atom. The molecule has 0 saturated heterocycles. The maximum atomic E-state index is 11.6. The van der Waals surface area contributed by atoms with Crippen molar-refractivity contribution < 1.29 is 14.3 Å². The van der Waals surface area contributed by atoms with Gasteiger partial charge in [-0.15, -0.1) is 0 Å². The fourth-order valence-corrected chi connectivity index (χ4v) is 3.44. The van der Waals surface area contributed by atoms with Gasteiger partial charge in [0.05, 0.1) is 29.3 Å². The normalized spacial score (nSPS) is 11.2. The number of carbonyl (C=O) groups is 1.